The minimum atomic E-state index is -0.499. The van der Waals surface area contributed by atoms with E-state index >= 15 is 0 Å². The predicted molar refractivity (Wildman–Crippen MR) is 131 cm³/mol. The van der Waals surface area contributed by atoms with Crippen molar-refractivity contribution >= 4 is 28.8 Å². The van der Waals surface area contributed by atoms with Crippen LogP contribution in [-0.4, -0.2) is 29.8 Å². The van der Waals surface area contributed by atoms with Crippen LogP contribution in [0.3, 0.4) is 0 Å². The lowest BCUT2D eigenvalue weighted by atomic mass is 9.80. The van der Waals surface area contributed by atoms with E-state index in [0.29, 0.717) is 18.7 Å². The van der Waals surface area contributed by atoms with Crippen molar-refractivity contribution in [2.75, 3.05) is 18.0 Å². The van der Waals surface area contributed by atoms with Crippen LogP contribution in [0.25, 0.3) is 0 Å². The molecule has 32 heavy (non-hydrogen) atoms. The van der Waals surface area contributed by atoms with Crippen LogP contribution >= 0.6 is 11.3 Å². The third-order valence-corrected chi connectivity index (χ3v) is 6.69. The molecule has 0 radical (unpaired) electrons. The topological polar surface area (TPSA) is 40.6 Å². The SMILES string of the molecule is C=CCN(C(=O)[C@@H]1c2ccccc2C(=O)N(CC(C)C)[C@H]1c1cccs1)c1ccccc1. The van der Waals surface area contributed by atoms with Gasteiger partial charge in [-0.3, -0.25) is 9.59 Å². The number of carbonyl (C=O) groups excluding carboxylic acids is 2. The zero-order valence-electron chi connectivity index (χ0n) is 18.5. The Morgan fingerprint density at radius 1 is 1.09 bits per heavy atom. The normalized spacial score (nSPS) is 17.8. The summed E-state index contributed by atoms with van der Waals surface area (Å²) in [5.74, 6) is -0.253. The Morgan fingerprint density at radius 3 is 2.47 bits per heavy atom. The molecule has 164 valence electrons. The number of nitrogens with zero attached hydrogens (tertiary/aromatic N) is 2. The lowest BCUT2D eigenvalue weighted by molar-refractivity contribution is -0.121. The van der Waals surface area contributed by atoms with Gasteiger partial charge in [0.2, 0.25) is 5.91 Å². The van der Waals surface area contributed by atoms with Crippen LogP contribution in [0.5, 0.6) is 0 Å². The van der Waals surface area contributed by atoms with Crippen molar-refractivity contribution < 1.29 is 9.59 Å². The molecule has 4 rings (SSSR count). The van der Waals surface area contributed by atoms with Crippen LogP contribution in [0, 0.1) is 5.92 Å². The van der Waals surface area contributed by atoms with Crippen LogP contribution in [0.15, 0.2) is 84.8 Å². The van der Waals surface area contributed by atoms with Crippen molar-refractivity contribution in [3.8, 4) is 0 Å². The van der Waals surface area contributed by atoms with Gasteiger partial charge in [-0.05, 0) is 41.1 Å². The Labute approximate surface area is 193 Å². The highest BCUT2D eigenvalue weighted by Crippen LogP contribution is 2.45. The number of anilines is 1. The molecule has 0 saturated carbocycles. The van der Waals surface area contributed by atoms with E-state index in [9.17, 15) is 9.59 Å². The number of para-hydroxylation sites is 1. The summed E-state index contributed by atoms with van der Waals surface area (Å²) in [5.41, 5.74) is 2.24. The van der Waals surface area contributed by atoms with Crippen molar-refractivity contribution in [1.29, 1.82) is 0 Å². The summed E-state index contributed by atoms with van der Waals surface area (Å²) in [5, 5.41) is 2.01. The molecule has 3 aromatic rings. The molecule has 0 unspecified atom stereocenters. The van der Waals surface area contributed by atoms with Crippen LogP contribution in [0.4, 0.5) is 5.69 Å². The molecule has 2 amide bonds. The number of hydrogen-bond acceptors (Lipinski definition) is 3. The van der Waals surface area contributed by atoms with E-state index in [0.717, 1.165) is 16.1 Å². The summed E-state index contributed by atoms with van der Waals surface area (Å²) in [6, 6.07) is 20.9. The minimum Gasteiger partial charge on any atom is -0.329 e. The number of thiophene rings is 1. The van der Waals surface area contributed by atoms with Gasteiger partial charge < -0.3 is 9.80 Å². The lowest BCUT2D eigenvalue weighted by Crippen LogP contribution is -2.49. The second-order valence-electron chi connectivity index (χ2n) is 8.45. The Morgan fingerprint density at radius 2 is 1.81 bits per heavy atom. The van der Waals surface area contributed by atoms with Gasteiger partial charge in [-0.2, -0.15) is 0 Å². The molecule has 1 aliphatic heterocycles. The van der Waals surface area contributed by atoms with Gasteiger partial charge in [-0.15, -0.1) is 17.9 Å². The van der Waals surface area contributed by atoms with Crippen LogP contribution in [0.1, 0.15) is 46.6 Å². The smallest absolute Gasteiger partial charge is 0.254 e. The van der Waals surface area contributed by atoms with E-state index in [1.54, 1.807) is 22.3 Å². The van der Waals surface area contributed by atoms with Gasteiger partial charge in [-0.1, -0.05) is 62.4 Å². The van der Waals surface area contributed by atoms with Crippen LogP contribution in [-0.2, 0) is 4.79 Å². The summed E-state index contributed by atoms with van der Waals surface area (Å²) in [6.45, 7) is 9.07. The highest BCUT2D eigenvalue weighted by molar-refractivity contribution is 7.10. The molecule has 5 heteroatoms. The molecule has 4 nitrogen and oxygen atoms in total. The quantitative estimate of drug-likeness (QED) is 0.426. The van der Waals surface area contributed by atoms with E-state index in [-0.39, 0.29) is 23.8 Å². The zero-order chi connectivity index (χ0) is 22.7. The van der Waals surface area contributed by atoms with E-state index < -0.39 is 5.92 Å². The fourth-order valence-corrected chi connectivity index (χ4v) is 5.33. The fraction of sp³-hybridized carbons (Fsp3) is 0.259. The van der Waals surface area contributed by atoms with Gasteiger partial charge in [-0.25, -0.2) is 0 Å². The number of carbonyl (C=O) groups is 2. The van der Waals surface area contributed by atoms with Gasteiger partial charge in [0.1, 0.15) is 0 Å². The summed E-state index contributed by atoms with van der Waals surface area (Å²) in [6.07, 6.45) is 1.75. The third-order valence-electron chi connectivity index (χ3n) is 5.75. The van der Waals surface area contributed by atoms with Crippen molar-refractivity contribution in [3.05, 3.63) is 101 Å². The number of fused-ring (bicyclic) bond motifs is 1. The molecule has 2 heterocycles. The molecule has 2 atom stereocenters. The lowest BCUT2D eigenvalue weighted by Gasteiger charge is -2.43. The monoisotopic (exact) mass is 444 g/mol. The van der Waals surface area contributed by atoms with E-state index in [1.165, 1.54) is 0 Å². The van der Waals surface area contributed by atoms with Crippen molar-refractivity contribution in [1.82, 2.24) is 4.90 Å². The first kappa shape index (κ1) is 22.0. The molecule has 1 aliphatic rings. The molecular weight excluding hydrogens is 416 g/mol. The molecule has 0 bridgehead atoms. The largest absolute Gasteiger partial charge is 0.329 e. The summed E-state index contributed by atoms with van der Waals surface area (Å²) in [7, 11) is 0. The first-order chi connectivity index (χ1) is 15.5. The first-order valence-corrected chi connectivity index (χ1v) is 11.8. The highest BCUT2D eigenvalue weighted by atomic mass is 32.1. The summed E-state index contributed by atoms with van der Waals surface area (Å²) < 4.78 is 0. The van der Waals surface area contributed by atoms with E-state index in [1.807, 2.05) is 77.0 Å². The highest BCUT2D eigenvalue weighted by Gasteiger charge is 2.46. The summed E-state index contributed by atoms with van der Waals surface area (Å²) in [4.78, 5) is 32.5. The molecular formula is C27H28N2O2S. The Balaban J connectivity index is 1.89. The number of amides is 2. The Hall–Kier alpha value is -3.18. The average Bonchev–Trinajstić information content (AvgIpc) is 3.33. The van der Waals surface area contributed by atoms with E-state index in [2.05, 4.69) is 20.4 Å². The Bertz CT molecular complexity index is 1090. The van der Waals surface area contributed by atoms with Crippen LogP contribution in [0.2, 0.25) is 0 Å². The molecule has 0 N–H and O–H groups in total. The average molecular weight is 445 g/mol. The van der Waals surface area contributed by atoms with E-state index in [4.69, 9.17) is 0 Å². The van der Waals surface area contributed by atoms with Crippen LogP contribution < -0.4 is 4.90 Å². The first-order valence-electron chi connectivity index (χ1n) is 10.9. The van der Waals surface area contributed by atoms with Gasteiger partial charge in [0, 0.05) is 29.2 Å². The zero-order valence-corrected chi connectivity index (χ0v) is 19.3. The van der Waals surface area contributed by atoms with Crippen molar-refractivity contribution in [3.63, 3.8) is 0 Å². The van der Waals surface area contributed by atoms with Crippen molar-refractivity contribution in [2.24, 2.45) is 5.92 Å². The molecule has 1 aromatic heterocycles. The molecule has 0 fully saturated rings. The van der Waals surface area contributed by atoms with Crippen molar-refractivity contribution in [2.45, 2.75) is 25.8 Å². The maximum Gasteiger partial charge on any atom is 0.254 e. The minimum absolute atomic E-state index is 0.00766. The number of benzene rings is 2. The second kappa shape index (κ2) is 9.53. The molecule has 0 saturated heterocycles. The molecule has 0 aliphatic carbocycles. The third kappa shape index (κ3) is 4.13. The standard InChI is InChI=1S/C27H28N2O2S/c1-4-16-28(20-11-6-5-7-12-20)27(31)24-21-13-8-9-14-22(21)26(30)29(18-19(2)3)25(24)23-15-10-17-32-23/h4-15,17,19,24-25H,1,16,18H2,2-3H3/t24-,25+/m1/s1. The number of rotatable bonds is 7. The predicted octanol–water partition coefficient (Wildman–Crippen LogP) is 5.90. The summed E-state index contributed by atoms with van der Waals surface area (Å²) >= 11 is 1.59. The van der Waals surface area contributed by atoms with Gasteiger partial charge in [0.15, 0.2) is 0 Å². The Kier molecular flexibility index (Phi) is 6.56. The maximum atomic E-state index is 14.2. The van der Waals surface area contributed by atoms with Gasteiger partial charge >= 0.3 is 0 Å². The maximum absolute atomic E-state index is 14.2. The second-order valence-corrected chi connectivity index (χ2v) is 9.43. The number of hydrogen-bond donors (Lipinski definition) is 0. The fourth-order valence-electron chi connectivity index (χ4n) is 4.46. The molecule has 0 spiro atoms. The van der Waals surface area contributed by atoms with Gasteiger partial charge in [0.25, 0.3) is 5.91 Å². The van der Waals surface area contributed by atoms with Gasteiger partial charge in [0.05, 0.1) is 12.0 Å². The molecule has 2 aromatic carbocycles.